The van der Waals surface area contributed by atoms with Crippen molar-refractivity contribution in [2.45, 2.75) is 19.8 Å². The minimum absolute atomic E-state index is 0.0984. The Morgan fingerprint density at radius 3 is 2.67 bits per heavy atom. The molecule has 5 heteroatoms. The van der Waals surface area contributed by atoms with Crippen LogP contribution in [0.2, 0.25) is 0 Å². The molecule has 2 N–H and O–H groups in total. The molecule has 1 aromatic carbocycles. The molecular formula is C13H17F2NO2. The van der Waals surface area contributed by atoms with Crippen molar-refractivity contribution >= 4 is 5.91 Å². The van der Waals surface area contributed by atoms with Crippen LogP contribution in [0.5, 0.6) is 0 Å². The quantitative estimate of drug-likeness (QED) is 0.814. The molecule has 1 aromatic rings. The molecule has 0 aliphatic rings. The van der Waals surface area contributed by atoms with Crippen LogP contribution < -0.4 is 5.32 Å². The van der Waals surface area contributed by atoms with E-state index in [0.717, 1.165) is 12.1 Å². The molecule has 0 saturated heterocycles. The van der Waals surface area contributed by atoms with Crippen molar-refractivity contribution < 1.29 is 18.7 Å². The van der Waals surface area contributed by atoms with Crippen LogP contribution in [-0.4, -0.2) is 24.2 Å². The summed E-state index contributed by atoms with van der Waals surface area (Å²) < 4.78 is 25.7. The normalized spacial score (nSPS) is 12.2. The lowest BCUT2D eigenvalue weighted by Gasteiger charge is -2.15. The van der Waals surface area contributed by atoms with Crippen LogP contribution in [0, 0.1) is 17.6 Å². The highest BCUT2D eigenvalue weighted by atomic mass is 19.2. The third kappa shape index (κ3) is 4.41. The molecule has 1 amide bonds. The smallest absolute Gasteiger partial charge is 0.219 e. The zero-order valence-electron chi connectivity index (χ0n) is 10.2. The highest BCUT2D eigenvalue weighted by molar-refractivity contribution is 5.75. The third-order valence-corrected chi connectivity index (χ3v) is 2.68. The molecule has 1 rings (SSSR count). The average molecular weight is 257 g/mol. The standard InChI is InChI=1S/C13H17F2NO2/c1-2-13(18)16-7-10(8-17)5-9-3-4-11(14)12(15)6-9/h3-4,6,10,17H,2,5,7-8H2,1H3,(H,16,18)/t10-/m0/s1. The lowest BCUT2D eigenvalue weighted by atomic mass is 10.00. The molecule has 0 saturated carbocycles. The molecule has 18 heavy (non-hydrogen) atoms. The van der Waals surface area contributed by atoms with Gasteiger partial charge in [-0.05, 0) is 24.1 Å². The molecule has 0 aliphatic carbocycles. The van der Waals surface area contributed by atoms with E-state index >= 15 is 0 Å². The number of aliphatic hydroxyl groups excluding tert-OH is 1. The molecule has 0 aliphatic heterocycles. The predicted molar refractivity (Wildman–Crippen MR) is 63.9 cm³/mol. The fourth-order valence-corrected chi connectivity index (χ4v) is 1.58. The van der Waals surface area contributed by atoms with Gasteiger partial charge in [-0.1, -0.05) is 13.0 Å². The minimum atomic E-state index is -0.901. The molecule has 3 nitrogen and oxygen atoms in total. The largest absolute Gasteiger partial charge is 0.396 e. The van der Waals surface area contributed by atoms with Crippen molar-refractivity contribution in [3.63, 3.8) is 0 Å². The predicted octanol–water partition coefficient (Wildman–Crippen LogP) is 1.64. The topological polar surface area (TPSA) is 49.3 Å². The van der Waals surface area contributed by atoms with E-state index < -0.39 is 11.6 Å². The van der Waals surface area contributed by atoms with Crippen molar-refractivity contribution in [2.75, 3.05) is 13.2 Å². The van der Waals surface area contributed by atoms with Gasteiger partial charge in [0.1, 0.15) is 0 Å². The number of carbonyl (C=O) groups excluding carboxylic acids is 1. The second-order valence-electron chi connectivity index (χ2n) is 4.16. The van der Waals surface area contributed by atoms with Crippen molar-refractivity contribution in [3.8, 4) is 0 Å². The second-order valence-corrected chi connectivity index (χ2v) is 4.16. The van der Waals surface area contributed by atoms with E-state index in [4.69, 9.17) is 0 Å². The van der Waals surface area contributed by atoms with Gasteiger partial charge in [0, 0.05) is 25.5 Å². The molecule has 0 radical (unpaired) electrons. The Hall–Kier alpha value is -1.49. The monoisotopic (exact) mass is 257 g/mol. The summed E-state index contributed by atoms with van der Waals surface area (Å²) in [4.78, 5) is 11.1. The van der Waals surface area contributed by atoms with Crippen molar-refractivity contribution in [1.82, 2.24) is 5.32 Å². The highest BCUT2D eigenvalue weighted by Crippen LogP contribution is 2.12. The maximum absolute atomic E-state index is 13.0. The van der Waals surface area contributed by atoms with Crippen LogP contribution in [0.4, 0.5) is 8.78 Å². The van der Waals surface area contributed by atoms with Crippen LogP contribution in [0.1, 0.15) is 18.9 Å². The first-order chi connectivity index (χ1) is 8.56. The first-order valence-electron chi connectivity index (χ1n) is 5.88. The number of hydrogen-bond donors (Lipinski definition) is 2. The molecule has 1 atom stereocenters. The Balaban J connectivity index is 2.56. The number of hydrogen-bond acceptors (Lipinski definition) is 2. The van der Waals surface area contributed by atoms with E-state index in [1.54, 1.807) is 6.92 Å². The van der Waals surface area contributed by atoms with E-state index in [1.165, 1.54) is 6.07 Å². The van der Waals surface area contributed by atoms with Crippen molar-refractivity contribution in [3.05, 3.63) is 35.4 Å². The van der Waals surface area contributed by atoms with Gasteiger partial charge in [-0.25, -0.2) is 8.78 Å². The summed E-state index contributed by atoms with van der Waals surface area (Å²) in [7, 11) is 0. The second kappa shape index (κ2) is 7.06. The van der Waals surface area contributed by atoms with Crippen molar-refractivity contribution in [1.29, 1.82) is 0 Å². The Kier molecular flexibility index (Phi) is 5.71. The summed E-state index contributed by atoms with van der Waals surface area (Å²) in [6, 6.07) is 3.64. The fraction of sp³-hybridized carbons (Fsp3) is 0.462. The van der Waals surface area contributed by atoms with E-state index in [1.807, 2.05) is 0 Å². The van der Waals surface area contributed by atoms with E-state index in [2.05, 4.69) is 5.32 Å². The Morgan fingerprint density at radius 2 is 2.11 bits per heavy atom. The van der Waals surface area contributed by atoms with Gasteiger partial charge in [0.05, 0.1) is 0 Å². The number of carbonyl (C=O) groups is 1. The summed E-state index contributed by atoms with van der Waals surface area (Å²) >= 11 is 0. The fourth-order valence-electron chi connectivity index (χ4n) is 1.58. The molecule has 0 spiro atoms. The minimum Gasteiger partial charge on any atom is -0.396 e. The van der Waals surface area contributed by atoms with E-state index in [9.17, 15) is 18.7 Å². The van der Waals surface area contributed by atoms with Crippen LogP contribution in [0.15, 0.2) is 18.2 Å². The summed E-state index contributed by atoms with van der Waals surface area (Å²) in [5.74, 6) is -2.09. The number of aliphatic hydroxyl groups is 1. The van der Waals surface area contributed by atoms with Gasteiger partial charge in [-0.3, -0.25) is 4.79 Å². The van der Waals surface area contributed by atoms with Crippen LogP contribution in [0.25, 0.3) is 0 Å². The Morgan fingerprint density at radius 1 is 1.39 bits per heavy atom. The highest BCUT2D eigenvalue weighted by Gasteiger charge is 2.11. The molecule has 0 heterocycles. The first kappa shape index (κ1) is 14.6. The Labute approximate surface area is 105 Å². The lowest BCUT2D eigenvalue weighted by Crippen LogP contribution is -2.31. The third-order valence-electron chi connectivity index (χ3n) is 2.68. The molecule has 100 valence electrons. The first-order valence-corrected chi connectivity index (χ1v) is 5.88. The van der Waals surface area contributed by atoms with Crippen LogP contribution in [-0.2, 0) is 11.2 Å². The number of benzene rings is 1. The zero-order valence-corrected chi connectivity index (χ0v) is 10.2. The van der Waals surface area contributed by atoms with Gasteiger partial charge in [-0.2, -0.15) is 0 Å². The zero-order chi connectivity index (χ0) is 13.5. The Bertz CT molecular complexity index is 410. The summed E-state index contributed by atoms with van der Waals surface area (Å²) in [5, 5.41) is 11.8. The summed E-state index contributed by atoms with van der Waals surface area (Å²) in [5.41, 5.74) is 0.596. The summed E-state index contributed by atoms with van der Waals surface area (Å²) in [6.07, 6.45) is 0.765. The number of halogens is 2. The molecule has 0 fully saturated rings. The number of amides is 1. The maximum atomic E-state index is 13.0. The van der Waals surface area contributed by atoms with E-state index in [-0.39, 0.29) is 18.4 Å². The van der Waals surface area contributed by atoms with E-state index in [0.29, 0.717) is 24.9 Å². The summed E-state index contributed by atoms with van der Waals surface area (Å²) in [6.45, 7) is 1.93. The SMILES string of the molecule is CCC(=O)NC[C@@H](CO)Cc1ccc(F)c(F)c1. The maximum Gasteiger partial charge on any atom is 0.219 e. The van der Waals surface area contributed by atoms with Crippen LogP contribution >= 0.6 is 0 Å². The average Bonchev–Trinajstić information content (AvgIpc) is 2.38. The molecule has 0 bridgehead atoms. The number of nitrogens with one attached hydrogen (secondary N) is 1. The molecule has 0 unspecified atom stereocenters. The van der Waals surface area contributed by atoms with Gasteiger partial charge in [0.15, 0.2) is 11.6 Å². The van der Waals surface area contributed by atoms with Gasteiger partial charge >= 0.3 is 0 Å². The van der Waals surface area contributed by atoms with Gasteiger partial charge in [0.2, 0.25) is 5.91 Å². The van der Waals surface area contributed by atoms with Gasteiger partial charge in [0.25, 0.3) is 0 Å². The molecular weight excluding hydrogens is 240 g/mol. The molecule has 0 aromatic heterocycles. The lowest BCUT2D eigenvalue weighted by molar-refractivity contribution is -0.121. The number of rotatable bonds is 6. The van der Waals surface area contributed by atoms with Gasteiger partial charge in [-0.15, -0.1) is 0 Å². The van der Waals surface area contributed by atoms with Gasteiger partial charge < -0.3 is 10.4 Å². The van der Waals surface area contributed by atoms with Crippen molar-refractivity contribution in [2.24, 2.45) is 5.92 Å². The van der Waals surface area contributed by atoms with Crippen LogP contribution in [0.3, 0.4) is 0 Å².